The first-order valence-corrected chi connectivity index (χ1v) is 13.0. The Morgan fingerprint density at radius 3 is 2.48 bits per heavy atom. The number of carbonyl (C=O) groups excluding carboxylic acids is 3. The molecule has 1 saturated heterocycles. The number of carbonyl (C=O) groups is 3. The van der Waals surface area contributed by atoms with Crippen LogP contribution in [0.15, 0.2) is 40.1 Å². The average Bonchev–Trinajstić information content (AvgIpc) is 3.28. The van der Waals surface area contributed by atoms with E-state index >= 15 is 0 Å². The molecule has 1 N–H and O–H groups in total. The Morgan fingerprint density at radius 2 is 1.82 bits per heavy atom. The zero-order chi connectivity index (χ0) is 22.8. The number of urea groups is 1. The van der Waals surface area contributed by atoms with E-state index in [9.17, 15) is 14.4 Å². The van der Waals surface area contributed by atoms with Crippen molar-refractivity contribution in [3.8, 4) is 0 Å². The van der Waals surface area contributed by atoms with Gasteiger partial charge >= 0.3 is 12.0 Å². The summed E-state index contributed by atoms with van der Waals surface area (Å²) in [6, 6.07) is 8.02. The summed E-state index contributed by atoms with van der Waals surface area (Å²) in [7, 11) is 0. The molecule has 2 fully saturated rings. The lowest BCUT2D eigenvalue weighted by atomic mass is 9.97. The molecule has 1 atom stereocenters. The van der Waals surface area contributed by atoms with Crippen molar-refractivity contribution in [2.45, 2.75) is 44.2 Å². The van der Waals surface area contributed by atoms with Crippen molar-refractivity contribution in [3.63, 3.8) is 0 Å². The molecular weight excluding hydrogens is 460 g/mol. The van der Waals surface area contributed by atoms with Crippen LogP contribution in [0.2, 0.25) is 0 Å². The minimum Gasteiger partial charge on any atom is -0.455 e. The van der Waals surface area contributed by atoms with Crippen molar-refractivity contribution in [3.05, 3.63) is 44.8 Å². The van der Waals surface area contributed by atoms with Crippen LogP contribution < -0.4 is 5.32 Å². The molecule has 33 heavy (non-hydrogen) atoms. The number of ether oxygens (including phenoxy) is 1. The number of hydrogen-bond acceptors (Lipinski definition) is 7. The Bertz CT molecular complexity index is 1030. The van der Waals surface area contributed by atoms with Crippen LogP contribution >= 0.6 is 22.7 Å². The number of nitrogens with zero attached hydrogens (tertiary/aromatic N) is 3. The molecule has 0 bridgehead atoms. The highest BCUT2D eigenvalue weighted by Gasteiger charge is 2.35. The van der Waals surface area contributed by atoms with Crippen molar-refractivity contribution in [2.75, 3.05) is 19.7 Å². The minimum atomic E-state index is -0.375. The molecule has 0 unspecified atom stereocenters. The standard InChI is InChI=1S/C23H26N4O4S2/c28-21(14-31-22(29)15-7-9-26(10-8-15)23(30)24-16-5-6-16)27-18(20-4-2-12-33-20)13-17(25-27)19-3-1-11-32-19/h1-4,11-12,15-16,18H,5-10,13-14H2,(H,24,30)/t18-/m0/s1. The maximum atomic E-state index is 13.0. The number of thiophene rings is 2. The number of amides is 3. The molecule has 4 heterocycles. The molecule has 0 aromatic carbocycles. The van der Waals surface area contributed by atoms with Crippen LogP contribution in [0.25, 0.3) is 0 Å². The Labute approximate surface area is 200 Å². The smallest absolute Gasteiger partial charge is 0.317 e. The predicted octanol–water partition coefficient (Wildman–Crippen LogP) is 3.61. The lowest BCUT2D eigenvalue weighted by molar-refractivity contribution is -0.157. The third-order valence-electron chi connectivity index (χ3n) is 6.20. The SMILES string of the molecule is O=C(OCC(=O)N1N=C(c2cccs2)C[C@H]1c1cccs1)C1CCN(C(=O)NC2CC2)CC1. The number of piperidine rings is 1. The topological polar surface area (TPSA) is 91.3 Å². The molecule has 10 heteroatoms. The summed E-state index contributed by atoms with van der Waals surface area (Å²) < 4.78 is 5.41. The zero-order valence-corrected chi connectivity index (χ0v) is 19.8. The Kier molecular flexibility index (Phi) is 6.45. The first kappa shape index (κ1) is 22.1. The molecule has 0 radical (unpaired) electrons. The van der Waals surface area contributed by atoms with Gasteiger partial charge in [0, 0.05) is 30.4 Å². The van der Waals surface area contributed by atoms with Crippen LogP contribution in [0, 0.1) is 5.92 Å². The van der Waals surface area contributed by atoms with Gasteiger partial charge in [-0.1, -0.05) is 12.1 Å². The first-order chi connectivity index (χ1) is 16.1. The van der Waals surface area contributed by atoms with E-state index in [-0.39, 0.29) is 36.5 Å². The largest absolute Gasteiger partial charge is 0.455 e. The first-order valence-electron chi connectivity index (χ1n) is 11.3. The number of esters is 1. The van der Waals surface area contributed by atoms with Gasteiger partial charge in [0.1, 0.15) is 0 Å². The van der Waals surface area contributed by atoms with Crippen LogP contribution in [0.5, 0.6) is 0 Å². The second kappa shape index (κ2) is 9.64. The molecule has 1 aliphatic carbocycles. The molecule has 5 rings (SSSR count). The van der Waals surface area contributed by atoms with Gasteiger partial charge in [-0.3, -0.25) is 9.59 Å². The van der Waals surface area contributed by atoms with Gasteiger partial charge < -0.3 is 15.0 Å². The molecule has 3 aliphatic rings. The van der Waals surface area contributed by atoms with Gasteiger partial charge in [0.25, 0.3) is 5.91 Å². The van der Waals surface area contributed by atoms with Gasteiger partial charge in [-0.2, -0.15) is 5.10 Å². The number of rotatable bonds is 6. The van der Waals surface area contributed by atoms with Gasteiger partial charge in [0.2, 0.25) is 0 Å². The van der Waals surface area contributed by atoms with Gasteiger partial charge in [-0.25, -0.2) is 9.80 Å². The number of likely N-dealkylation sites (tertiary alicyclic amines) is 1. The summed E-state index contributed by atoms with van der Waals surface area (Å²) in [5, 5.41) is 13.0. The van der Waals surface area contributed by atoms with E-state index in [1.165, 1.54) is 5.01 Å². The predicted molar refractivity (Wildman–Crippen MR) is 126 cm³/mol. The quantitative estimate of drug-likeness (QED) is 0.632. The summed E-state index contributed by atoms with van der Waals surface area (Å²) in [4.78, 5) is 41.6. The lowest BCUT2D eigenvalue weighted by Gasteiger charge is -2.31. The van der Waals surface area contributed by atoms with Crippen molar-refractivity contribution in [1.29, 1.82) is 0 Å². The Balaban J connectivity index is 1.15. The number of hydrogen-bond donors (Lipinski definition) is 1. The van der Waals surface area contributed by atoms with Gasteiger partial charge in [-0.15, -0.1) is 22.7 Å². The molecule has 0 spiro atoms. The molecule has 174 valence electrons. The molecule has 2 aliphatic heterocycles. The number of hydrazone groups is 1. The summed E-state index contributed by atoms with van der Waals surface area (Å²) in [6.07, 6.45) is 3.83. The fourth-order valence-corrected chi connectivity index (χ4v) is 5.70. The summed E-state index contributed by atoms with van der Waals surface area (Å²) in [5.74, 6) is -0.992. The van der Waals surface area contributed by atoms with E-state index in [0.29, 0.717) is 38.4 Å². The molecule has 2 aromatic heterocycles. The van der Waals surface area contributed by atoms with Crippen molar-refractivity contribution in [2.24, 2.45) is 11.0 Å². The lowest BCUT2D eigenvalue weighted by Crippen LogP contribution is -2.46. The van der Waals surface area contributed by atoms with Crippen LogP contribution in [0.1, 0.15) is 47.9 Å². The average molecular weight is 487 g/mol. The van der Waals surface area contributed by atoms with E-state index in [1.54, 1.807) is 27.6 Å². The fraction of sp³-hybridized carbons (Fsp3) is 0.478. The third-order valence-corrected chi connectivity index (χ3v) is 8.09. The van der Waals surface area contributed by atoms with Crippen LogP contribution in [0.3, 0.4) is 0 Å². The minimum absolute atomic E-state index is 0.0486. The molecule has 2 aromatic rings. The summed E-state index contributed by atoms with van der Waals surface area (Å²) in [5.41, 5.74) is 0.875. The van der Waals surface area contributed by atoms with Gasteiger partial charge in [-0.05, 0) is 48.6 Å². The van der Waals surface area contributed by atoms with E-state index in [2.05, 4.69) is 10.4 Å². The van der Waals surface area contributed by atoms with Gasteiger partial charge in [0.15, 0.2) is 6.61 Å². The monoisotopic (exact) mass is 486 g/mol. The highest BCUT2D eigenvalue weighted by atomic mass is 32.1. The molecule has 3 amide bonds. The fourth-order valence-electron chi connectivity index (χ4n) is 4.16. The highest BCUT2D eigenvalue weighted by molar-refractivity contribution is 7.12. The molecule has 1 saturated carbocycles. The zero-order valence-electron chi connectivity index (χ0n) is 18.1. The molecular formula is C23H26N4O4S2. The number of nitrogens with one attached hydrogen (secondary N) is 1. The van der Waals surface area contributed by atoms with Crippen molar-refractivity contribution in [1.82, 2.24) is 15.2 Å². The highest BCUT2D eigenvalue weighted by Crippen LogP contribution is 2.36. The second-order valence-electron chi connectivity index (χ2n) is 8.59. The maximum absolute atomic E-state index is 13.0. The van der Waals surface area contributed by atoms with E-state index < -0.39 is 0 Å². The van der Waals surface area contributed by atoms with Gasteiger partial charge in [0.05, 0.1) is 22.5 Å². The third kappa shape index (κ3) is 5.11. The summed E-state index contributed by atoms with van der Waals surface area (Å²) >= 11 is 3.18. The summed E-state index contributed by atoms with van der Waals surface area (Å²) in [6.45, 7) is 0.713. The van der Waals surface area contributed by atoms with Crippen LogP contribution in [-0.2, 0) is 14.3 Å². The maximum Gasteiger partial charge on any atom is 0.317 e. The van der Waals surface area contributed by atoms with Crippen molar-refractivity contribution >= 4 is 46.3 Å². The van der Waals surface area contributed by atoms with Crippen molar-refractivity contribution < 1.29 is 19.1 Å². The Morgan fingerprint density at radius 1 is 1.06 bits per heavy atom. The Hall–Kier alpha value is -2.72. The van der Waals surface area contributed by atoms with E-state index in [1.807, 2.05) is 35.0 Å². The normalized spacial score (nSPS) is 21.1. The molecule has 8 nitrogen and oxygen atoms in total. The van der Waals surface area contributed by atoms with Crippen LogP contribution in [0.4, 0.5) is 4.79 Å². The van der Waals surface area contributed by atoms with E-state index in [0.717, 1.165) is 28.3 Å². The van der Waals surface area contributed by atoms with E-state index in [4.69, 9.17) is 4.74 Å². The second-order valence-corrected chi connectivity index (χ2v) is 10.5. The van der Waals surface area contributed by atoms with Crippen LogP contribution in [-0.4, -0.2) is 59.3 Å².